The summed E-state index contributed by atoms with van der Waals surface area (Å²) in [5, 5.41) is 11.7. The van der Waals surface area contributed by atoms with Crippen LogP contribution < -0.4 is 5.32 Å². The lowest BCUT2D eigenvalue weighted by Crippen LogP contribution is -2.43. The van der Waals surface area contributed by atoms with Crippen LogP contribution >= 0.6 is 0 Å². The maximum absolute atomic E-state index is 12.0. The topological polar surface area (TPSA) is 78.9 Å². The third kappa shape index (κ3) is 3.62. The lowest BCUT2D eigenvalue weighted by atomic mass is 9.93. The fourth-order valence-corrected chi connectivity index (χ4v) is 2.86. The minimum absolute atomic E-state index is 0.0161. The molecular formula is C14H24N2O4. The van der Waals surface area contributed by atoms with Gasteiger partial charge in [-0.1, -0.05) is 0 Å². The van der Waals surface area contributed by atoms with Crippen molar-refractivity contribution in [1.29, 1.82) is 0 Å². The first-order valence-electron chi connectivity index (χ1n) is 7.15. The molecule has 1 saturated carbocycles. The van der Waals surface area contributed by atoms with E-state index in [1.807, 2.05) is 20.8 Å². The highest BCUT2D eigenvalue weighted by atomic mass is 16.6. The molecule has 2 rings (SSSR count). The summed E-state index contributed by atoms with van der Waals surface area (Å²) in [4.78, 5) is 24.3. The van der Waals surface area contributed by atoms with Gasteiger partial charge < -0.3 is 20.1 Å². The number of carbonyl (C=O) groups excluding carboxylic acids is 1. The van der Waals surface area contributed by atoms with Crippen molar-refractivity contribution in [3.63, 3.8) is 0 Å². The van der Waals surface area contributed by atoms with Gasteiger partial charge in [0.2, 0.25) is 0 Å². The van der Waals surface area contributed by atoms with Crippen LogP contribution in [0.15, 0.2) is 0 Å². The van der Waals surface area contributed by atoms with Gasteiger partial charge in [0.05, 0.1) is 6.54 Å². The molecule has 114 valence electrons. The van der Waals surface area contributed by atoms with E-state index in [-0.39, 0.29) is 18.1 Å². The Hall–Kier alpha value is -1.30. The molecule has 0 aromatic carbocycles. The molecule has 20 heavy (non-hydrogen) atoms. The van der Waals surface area contributed by atoms with E-state index in [4.69, 9.17) is 9.84 Å². The first-order chi connectivity index (χ1) is 9.22. The number of hydrogen-bond acceptors (Lipinski definition) is 4. The summed E-state index contributed by atoms with van der Waals surface area (Å²) in [5.41, 5.74) is -0.259. The Bertz CT molecular complexity index is 394. The van der Waals surface area contributed by atoms with E-state index in [1.54, 1.807) is 4.90 Å². The van der Waals surface area contributed by atoms with Gasteiger partial charge in [-0.2, -0.15) is 0 Å². The van der Waals surface area contributed by atoms with Gasteiger partial charge >= 0.3 is 12.1 Å². The molecule has 1 atom stereocenters. The fraction of sp³-hybridized carbons (Fsp3) is 0.857. The Morgan fingerprint density at radius 1 is 1.35 bits per heavy atom. The molecular weight excluding hydrogens is 260 g/mol. The molecule has 0 bridgehead atoms. The van der Waals surface area contributed by atoms with Crippen molar-refractivity contribution in [3.05, 3.63) is 0 Å². The van der Waals surface area contributed by atoms with Crippen LogP contribution in [0.3, 0.4) is 0 Å². The van der Waals surface area contributed by atoms with Crippen LogP contribution in [0.1, 0.15) is 40.0 Å². The summed E-state index contributed by atoms with van der Waals surface area (Å²) in [6.07, 6.45) is 2.61. The minimum Gasteiger partial charge on any atom is -0.480 e. The molecule has 1 saturated heterocycles. The zero-order valence-electron chi connectivity index (χ0n) is 12.4. The highest BCUT2D eigenvalue weighted by Crippen LogP contribution is 2.53. The number of carboxylic acid groups (broad SMARTS) is 1. The van der Waals surface area contributed by atoms with Crippen molar-refractivity contribution in [2.75, 3.05) is 19.6 Å². The monoisotopic (exact) mass is 284 g/mol. The number of carbonyl (C=O) groups is 2. The molecule has 0 radical (unpaired) electrons. The molecule has 2 aliphatic rings. The minimum atomic E-state index is -0.821. The van der Waals surface area contributed by atoms with Crippen molar-refractivity contribution in [2.45, 2.75) is 51.7 Å². The van der Waals surface area contributed by atoms with E-state index in [1.165, 1.54) is 0 Å². The average molecular weight is 284 g/mol. The van der Waals surface area contributed by atoms with E-state index < -0.39 is 11.6 Å². The summed E-state index contributed by atoms with van der Waals surface area (Å²) < 4.78 is 5.37. The lowest BCUT2D eigenvalue weighted by Gasteiger charge is -2.34. The predicted octanol–water partition coefficient (Wildman–Crippen LogP) is 1.45. The third-order valence-electron chi connectivity index (χ3n) is 4.10. The van der Waals surface area contributed by atoms with Crippen molar-refractivity contribution >= 4 is 12.1 Å². The number of ether oxygens (including phenoxy) is 1. The van der Waals surface area contributed by atoms with E-state index in [0.29, 0.717) is 19.1 Å². The molecule has 2 N–H and O–H groups in total. The number of rotatable bonds is 3. The van der Waals surface area contributed by atoms with Crippen LogP contribution in [0.5, 0.6) is 0 Å². The first-order valence-corrected chi connectivity index (χ1v) is 7.15. The molecule has 6 heteroatoms. The molecule has 1 amide bonds. The van der Waals surface area contributed by atoms with Crippen molar-refractivity contribution in [3.8, 4) is 0 Å². The number of nitrogens with zero attached hydrogens (tertiary/aromatic N) is 1. The number of aliphatic carboxylic acids is 1. The molecule has 0 aromatic rings. The lowest BCUT2D eigenvalue weighted by molar-refractivity contribution is -0.136. The van der Waals surface area contributed by atoms with Crippen LogP contribution in [0, 0.1) is 5.41 Å². The summed E-state index contributed by atoms with van der Waals surface area (Å²) >= 11 is 0. The van der Waals surface area contributed by atoms with Gasteiger partial charge in [-0.25, -0.2) is 4.79 Å². The largest absolute Gasteiger partial charge is 0.480 e. The Labute approximate surface area is 119 Å². The first kappa shape index (κ1) is 15.1. The van der Waals surface area contributed by atoms with Gasteiger partial charge in [0, 0.05) is 19.1 Å². The molecule has 1 unspecified atom stereocenters. The number of nitrogens with one attached hydrogen (secondary N) is 1. The second-order valence-corrected chi connectivity index (χ2v) is 6.86. The predicted molar refractivity (Wildman–Crippen MR) is 73.5 cm³/mol. The van der Waals surface area contributed by atoms with E-state index >= 15 is 0 Å². The molecule has 2 fully saturated rings. The molecule has 1 aliphatic heterocycles. The van der Waals surface area contributed by atoms with E-state index in [9.17, 15) is 9.59 Å². The summed E-state index contributed by atoms with van der Waals surface area (Å²) in [6.45, 7) is 7.00. The second kappa shape index (κ2) is 5.24. The average Bonchev–Trinajstić information content (AvgIpc) is 2.98. The molecule has 1 spiro atoms. The van der Waals surface area contributed by atoms with Crippen LogP contribution in [-0.2, 0) is 9.53 Å². The zero-order chi connectivity index (χ0) is 15.0. The molecule has 0 aromatic heterocycles. The van der Waals surface area contributed by atoms with E-state index in [0.717, 1.165) is 19.3 Å². The van der Waals surface area contributed by atoms with Crippen LogP contribution in [-0.4, -0.2) is 53.3 Å². The number of piperidine rings is 1. The van der Waals surface area contributed by atoms with Gasteiger partial charge in [-0.3, -0.25) is 4.79 Å². The molecule has 1 heterocycles. The normalized spacial score (nSPS) is 24.6. The van der Waals surface area contributed by atoms with Crippen LogP contribution in [0.4, 0.5) is 4.79 Å². The van der Waals surface area contributed by atoms with Gasteiger partial charge in [0.15, 0.2) is 0 Å². The Morgan fingerprint density at radius 2 is 1.95 bits per heavy atom. The summed E-state index contributed by atoms with van der Waals surface area (Å²) in [5.74, 6) is -0.821. The maximum Gasteiger partial charge on any atom is 0.410 e. The molecule has 1 aliphatic carbocycles. The highest BCUT2D eigenvalue weighted by Gasteiger charge is 2.55. The van der Waals surface area contributed by atoms with E-state index in [2.05, 4.69) is 5.32 Å². The maximum atomic E-state index is 12.0. The smallest absolute Gasteiger partial charge is 0.410 e. The SMILES string of the molecule is CC(C)(C)OC(=O)N1CCC2(CC1)CC2NCC(=O)O. The van der Waals surface area contributed by atoms with Gasteiger partial charge in [0.25, 0.3) is 0 Å². The second-order valence-electron chi connectivity index (χ2n) is 6.86. The number of carboxylic acids is 1. The van der Waals surface area contributed by atoms with Gasteiger partial charge in [0.1, 0.15) is 5.60 Å². The summed E-state index contributed by atoms with van der Waals surface area (Å²) in [7, 11) is 0. The Kier molecular flexibility index (Phi) is 3.95. The quantitative estimate of drug-likeness (QED) is 0.820. The standard InChI is InChI=1S/C14H24N2O4/c1-13(2,3)20-12(19)16-6-4-14(5-7-16)8-10(14)15-9-11(17)18/h10,15H,4-9H2,1-3H3,(H,17,18). The highest BCUT2D eigenvalue weighted by molar-refractivity contribution is 5.69. The van der Waals surface area contributed by atoms with Gasteiger partial charge in [-0.15, -0.1) is 0 Å². The van der Waals surface area contributed by atoms with Crippen LogP contribution in [0.25, 0.3) is 0 Å². The summed E-state index contributed by atoms with van der Waals surface area (Å²) in [6, 6.07) is 0.291. The zero-order valence-corrected chi connectivity index (χ0v) is 12.4. The number of amides is 1. The van der Waals surface area contributed by atoms with Crippen molar-refractivity contribution in [1.82, 2.24) is 10.2 Å². The van der Waals surface area contributed by atoms with Crippen LogP contribution in [0.2, 0.25) is 0 Å². The molecule has 6 nitrogen and oxygen atoms in total. The Balaban J connectivity index is 1.76. The van der Waals surface area contributed by atoms with Crippen molar-refractivity contribution in [2.24, 2.45) is 5.41 Å². The Morgan fingerprint density at radius 3 is 2.45 bits per heavy atom. The van der Waals surface area contributed by atoms with Crippen molar-refractivity contribution < 1.29 is 19.4 Å². The number of hydrogen-bond donors (Lipinski definition) is 2. The third-order valence-corrected chi connectivity index (χ3v) is 4.10. The van der Waals surface area contributed by atoms with Gasteiger partial charge in [-0.05, 0) is 45.4 Å². The number of likely N-dealkylation sites (tertiary alicyclic amines) is 1. The fourth-order valence-electron chi connectivity index (χ4n) is 2.86.